The van der Waals surface area contributed by atoms with E-state index in [2.05, 4.69) is 27.1 Å². The van der Waals surface area contributed by atoms with Gasteiger partial charge in [-0.15, -0.1) is 0 Å². The van der Waals surface area contributed by atoms with Crippen molar-refractivity contribution >= 4 is 5.91 Å². The highest BCUT2D eigenvalue weighted by atomic mass is 16.5. The molecule has 1 atom stereocenters. The van der Waals surface area contributed by atoms with Crippen LogP contribution in [0.5, 0.6) is 0 Å². The molecule has 8 heteroatoms. The summed E-state index contributed by atoms with van der Waals surface area (Å²) < 4.78 is 6.74. The van der Waals surface area contributed by atoms with Crippen molar-refractivity contribution in [2.24, 2.45) is 7.05 Å². The van der Waals surface area contributed by atoms with Crippen LogP contribution < -0.4 is 0 Å². The third-order valence-electron chi connectivity index (χ3n) is 4.77. The molecule has 0 spiro atoms. The minimum absolute atomic E-state index is 0.0746. The van der Waals surface area contributed by atoms with Crippen LogP contribution in [0.3, 0.4) is 0 Å². The summed E-state index contributed by atoms with van der Waals surface area (Å²) in [6, 6.07) is 0.426. The van der Waals surface area contributed by atoms with Crippen LogP contribution in [-0.4, -0.2) is 61.3 Å². The molecule has 8 nitrogen and oxygen atoms in total. The second-order valence-electron chi connectivity index (χ2n) is 6.57. The van der Waals surface area contributed by atoms with Crippen molar-refractivity contribution in [3.63, 3.8) is 0 Å². The highest BCUT2D eigenvalue weighted by Crippen LogP contribution is 2.20. The molecular weight excluding hydrogens is 320 g/mol. The van der Waals surface area contributed by atoms with Gasteiger partial charge in [-0.2, -0.15) is 10.1 Å². The largest absolute Gasteiger partial charge is 0.340 e. The second kappa shape index (κ2) is 7.77. The first-order chi connectivity index (χ1) is 12.1. The first kappa shape index (κ1) is 17.6. The van der Waals surface area contributed by atoms with Crippen LogP contribution in [-0.2, 0) is 13.6 Å². The summed E-state index contributed by atoms with van der Waals surface area (Å²) in [4.78, 5) is 21.3. The van der Waals surface area contributed by atoms with E-state index in [1.807, 2.05) is 11.9 Å². The van der Waals surface area contributed by atoms with Crippen molar-refractivity contribution in [1.82, 2.24) is 29.7 Å². The summed E-state index contributed by atoms with van der Waals surface area (Å²) in [6.07, 6.45) is 6.44. The molecule has 2 aromatic heterocycles. The zero-order valence-corrected chi connectivity index (χ0v) is 15.2. The second-order valence-corrected chi connectivity index (χ2v) is 6.57. The van der Waals surface area contributed by atoms with Gasteiger partial charge in [0, 0.05) is 39.3 Å². The van der Waals surface area contributed by atoms with Crippen molar-refractivity contribution in [2.45, 2.75) is 45.7 Å². The lowest BCUT2D eigenvalue weighted by Crippen LogP contribution is -2.37. The van der Waals surface area contributed by atoms with Gasteiger partial charge in [-0.3, -0.25) is 14.4 Å². The zero-order valence-electron chi connectivity index (χ0n) is 15.2. The number of likely N-dealkylation sites (tertiary alicyclic amines) is 1. The van der Waals surface area contributed by atoms with Gasteiger partial charge in [0.15, 0.2) is 5.82 Å². The lowest BCUT2D eigenvalue weighted by Gasteiger charge is -2.28. The third-order valence-corrected chi connectivity index (χ3v) is 4.77. The van der Waals surface area contributed by atoms with E-state index in [9.17, 15) is 4.79 Å². The Balaban J connectivity index is 1.60. The number of rotatable bonds is 5. The van der Waals surface area contributed by atoms with Gasteiger partial charge < -0.3 is 9.42 Å². The van der Waals surface area contributed by atoms with E-state index in [0.717, 1.165) is 44.7 Å². The van der Waals surface area contributed by atoms with Gasteiger partial charge in [0.25, 0.3) is 5.91 Å². The van der Waals surface area contributed by atoms with Crippen LogP contribution in [0.25, 0.3) is 0 Å². The van der Waals surface area contributed by atoms with E-state index in [1.165, 1.54) is 0 Å². The SMILES string of the molecule is CCN(Cc1noc(C)n1)[C@H]1CCCN(C(=O)c2cnn(C)c2)CC1. The highest BCUT2D eigenvalue weighted by Gasteiger charge is 2.26. The average molecular weight is 346 g/mol. The minimum Gasteiger partial charge on any atom is -0.340 e. The van der Waals surface area contributed by atoms with Crippen molar-refractivity contribution in [3.8, 4) is 0 Å². The average Bonchev–Trinajstić information content (AvgIpc) is 3.13. The van der Waals surface area contributed by atoms with Crippen LogP contribution in [0.4, 0.5) is 0 Å². The standard InChI is InChI=1S/C17H26N6O2/c1-4-22(12-16-19-13(2)25-20-16)15-6-5-8-23(9-7-15)17(24)14-10-18-21(3)11-14/h10-11,15H,4-9,12H2,1-3H3/t15-/m0/s1. The van der Waals surface area contributed by atoms with Gasteiger partial charge in [0.05, 0.1) is 18.3 Å². The summed E-state index contributed by atoms with van der Waals surface area (Å²) in [5.41, 5.74) is 0.663. The number of nitrogens with zero attached hydrogens (tertiary/aromatic N) is 6. The Bertz CT molecular complexity index is 710. The molecular formula is C17H26N6O2. The first-order valence-corrected chi connectivity index (χ1v) is 8.88. The van der Waals surface area contributed by atoms with Gasteiger partial charge in [0.2, 0.25) is 5.89 Å². The number of aromatic nitrogens is 4. The molecule has 0 bridgehead atoms. The van der Waals surface area contributed by atoms with Gasteiger partial charge in [0.1, 0.15) is 0 Å². The van der Waals surface area contributed by atoms with E-state index in [-0.39, 0.29) is 5.91 Å². The fourth-order valence-corrected chi connectivity index (χ4v) is 3.45. The monoisotopic (exact) mass is 346 g/mol. The van der Waals surface area contributed by atoms with Gasteiger partial charge in [-0.25, -0.2) is 0 Å². The molecule has 2 aromatic rings. The van der Waals surface area contributed by atoms with Crippen molar-refractivity contribution in [2.75, 3.05) is 19.6 Å². The van der Waals surface area contributed by atoms with Crippen LogP contribution in [0.15, 0.2) is 16.9 Å². The molecule has 0 N–H and O–H groups in total. The topological polar surface area (TPSA) is 80.3 Å². The Labute approximate surface area is 147 Å². The summed E-state index contributed by atoms with van der Waals surface area (Å²) in [5, 5.41) is 8.10. The molecule has 1 fully saturated rings. The summed E-state index contributed by atoms with van der Waals surface area (Å²) in [5.74, 6) is 1.40. The van der Waals surface area contributed by atoms with Crippen LogP contribution in [0.1, 0.15) is 48.3 Å². The number of aryl methyl sites for hydroxylation is 2. The van der Waals surface area contributed by atoms with Crippen LogP contribution >= 0.6 is 0 Å². The lowest BCUT2D eigenvalue weighted by molar-refractivity contribution is 0.0756. The number of carbonyl (C=O) groups is 1. The lowest BCUT2D eigenvalue weighted by atomic mass is 10.1. The molecule has 1 aliphatic rings. The number of hydrogen-bond acceptors (Lipinski definition) is 6. The van der Waals surface area contributed by atoms with E-state index in [4.69, 9.17) is 4.52 Å². The molecule has 0 aliphatic carbocycles. The fourth-order valence-electron chi connectivity index (χ4n) is 3.45. The van der Waals surface area contributed by atoms with Gasteiger partial charge in [-0.05, 0) is 25.8 Å². The third kappa shape index (κ3) is 4.25. The fraction of sp³-hybridized carbons (Fsp3) is 0.647. The molecule has 0 unspecified atom stereocenters. The smallest absolute Gasteiger partial charge is 0.257 e. The maximum atomic E-state index is 12.6. The molecule has 1 amide bonds. The van der Waals surface area contributed by atoms with Gasteiger partial charge in [-0.1, -0.05) is 12.1 Å². The molecule has 0 saturated carbocycles. The molecule has 3 rings (SSSR count). The predicted octanol–water partition coefficient (Wildman–Crippen LogP) is 1.63. The predicted molar refractivity (Wildman–Crippen MR) is 91.9 cm³/mol. The molecule has 3 heterocycles. The van der Waals surface area contributed by atoms with E-state index in [1.54, 1.807) is 24.0 Å². The van der Waals surface area contributed by atoms with Crippen molar-refractivity contribution in [3.05, 3.63) is 29.7 Å². The Morgan fingerprint density at radius 3 is 2.88 bits per heavy atom. The van der Waals surface area contributed by atoms with E-state index < -0.39 is 0 Å². The van der Waals surface area contributed by atoms with Crippen LogP contribution in [0, 0.1) is 6.92 Å². The van der Waals surface area contributed by atoms with Gasteiger partial charge >= 0.3 is 0 Å². The molecule has 1 saturated heterocycles. The minimum atomic E-state index is 0.0746. The Hall–Kier alpha value is -2.22. The molecule has 136 valence electrons. The van der Waals surface area contributed by atoms with Crippen molar-refractivity contribution in [1.29, 1.82) is 0 Å². The molecule has 0 aromatic carbocycles. The quantitative estimate of drug-likeness (QED) is 0.818. The number of amides is 1. The zero-order chi connectivity index (χ0) is 17.8. The molecule has 1 aliphatic heterocycles. The normalized spacial score (nSPS) is 18.6. The van der Waals surface area contributed by atoms with Crippen LogP contribution in [0.2, 0.25) is 0 Å². The Kier molecular flexibility index (Phi) is 5.47. The summed E-state index contributed by atoms with van der Waals surface area (Å²) in [6.45, 7) is 7.13. The maximum Gasteiger partial charge on any atom is 0.257 e. The Morgan fingerprint density at radius 2 is 2.24 bits per heavy atom. The van der Waals surface area contributed by atoms with E-state index in [0.29, 0.717) is 24.0 Å². The highest BCUT2D eigenvalue weighted by molar-refractivity contribution is 5.93. The number of carbonyl (C=O) groups excluding carboxylic acids is 1. The first-order valence-electron chi connectivity index (χ1n) is 8.88. The Morgan fingerprint density at radius 1 is 1.40 bits per heavy atom. The molecule has 25 heavy (non-hydrogen) atoms. The number of hydrogen-bond donors (Lipinski definition) is 0. The molecule has 0 radical (unpaired) electrons. The van der Waals surface area contributed by atoms with Crippen molar-refractivity contribution < 1.29 is 9.32 Å². The van der Waals surface area contributed by atoms with E-state index >= 15 is 0 Å². The summed E-state index contributed by atoms with van der Waals surface area (Å²) in [7, 11) is 1.83. The maximum absolute atomic E-state index is 12.6. The summed E-state index contributed by atoms with van der Waals surface area (Å²) >= 11 is 0.